The zero-order chi connectivity index (χ0) is 16.9. The topological polar surface area (TPSA) is 9.23 Å². The largest absolute Gasteiger partial charge is 0.523 e. The van der Waals surface area contributed by atoms with Gasteiger partial charge in [0.25, 0.3) is 0 Å². The monoisotopic (exact) mass is 328 g/mol. The van der Waals surface area contributed by atoms with Crippen molar-refractivity contribution in [3.8, 4) is 0 Å². The van der Waals surface area contributed by atoms with Gasteiger partial charge in [0, 0.05) is 5.92 Å². The lowest BCUT2D eigenvalue weighted by molar-refractivity contribution is -0.351. The number of benzene rings is 1. The van der Waals surface area contributed by atoms with Crippen LogP contribution in [0.5, 0.6) is 0 Å². The molecule has 0 saturated carbocycles. The van der Waals surface area contributed by atoms with E-state index in [9.17, 15) is 17.6 Å². The Balaban J connectivity index is 2.18. The SMILES string of the molecule is CCCCCC1(OC(F)(F)F)C=CC(c2ccccc2F)C=C1. The number of hydrogen-bond acceptors (Lipinski definition) is 1. The molecule has 0 atom stereocenters. The van der Waals surface area contributed by atoms with E-state index < -0.39 is 12.0 Å². The molecule has 0 fully saturated rings. The third-order valence-corrected chi connectivity index (χ3v) is 3.91. The third kappa shape index (κ3) is 4.93. The fourth-order valence-corrected chi connectivity index (χ4v) is 2.76. The summed E-state index contributed by atoms with van der Waals surface area (Å²) in [6.07, 6.45) is 3.89. The Morgan fingerprint density at radius 3 is 2.30 bits per heavy atom. The Labute approximate surface area is 133 Å². The molecule has 0 spiro atoms. The van der Waals surface area contributed by atoms with Crippen LogP contribution in [0.25, 0.3) is 0 Å². The predicted octanol–water partition coefficient (Wildman–Crippen LogP) is 5.89. The van der Waals surface area contributed by atoms with Gasteiger partial charge in [-0.2, -0.15) is 0 Å². The number of rotatable bonds is 6. The van der Waals surface area contributed by atoms with Crippen LogP contribution in [-0.2, 0) is 4.74 Å². The van der Waals surface area contributed by atoms with Crippen LogP contribution in [0.4, 0.5) is 17.6 Å². The lowest BCUT2D eigenvalue weighted by atomic mass is 9.85. The average molecular weight is 328 g/mol. The Morgan fingerprint density at radius 1 is 1.09 bits per heavy atom. The molecular formula is C18H20F4O. The van der Waals surface area contributed by atoms with Crippen molar-refractivity contribution in [1.82, 2.24) is 0 Å². The fourth-order valence-electron chi connectivity index (χ4n) is 2.76. The lowest BCUT2D eigenvalue weighted by Crippen LogP contribution is -2.36. The van der Waals surface area contributed by atoms with Gasteiger partial charge < -0.3 is 0 Å². The van der Waals surface area contributed by atoms with Crippen molar-refractivity contribution in [3.05, 3.63) is 60.0 Å². The van der Waals surface area contributed by atoms with Gasteiger partial charge in [0.1, 0.15) is 11.4 Å². The first-order valence-electron chi connectivity index (χ1n) is 7.75. The fraction of sp³-hybridized carbons (Fsp3) is 0.444. The summed E-state index contributed by atoms with van der Waals surface area (Å²) >= 11 is 0. The van der Waals surface area contributed by atoms with E-state index in [2.05, 4.69) is 4.74 Å². The van der Waals surface area contributed by atoms with Gasteiger partial charge in [0.05, 0.1) is 0 Å². The average Bonchev–Trinajstić information content (AvgIpc) is 2.47. The molecule has 1 aromatic carbocycles. The minimum Gasteiger partial charge on any atom is -0.277 e. The molecule has 0 heterocycles. The molecular weight excluding hydrogens is 308 g/mol. The van der Waals surface area contributed by atoms with E-state index in [0.717, 1.165) is 12.8 Å². The zero-order valence-electron chi connectivity index (χ0n) is 12.9. The number of alkyl halides is 3. The summed E-state index contributed by atoms with van der Waals surface area (Å²) < 4.78 is 56.4. The van der Waals surface area contributed by atoms with Crippen LogP contribution in [0.15, 0.2) is 48.6 Å². The van der Waals surface area contributed by atoms with Crippen LogP contribution in [0.1, 0.15) is 44.1 Å². The molecule has 0 N–H and O–H groups in total. The number of allylic oxidation sites excluding steroid dienone is 2. The minimum absolute atomic E-state index is 0.247. The van der Waals surface area contributed by atoms with Crippen LogP contribution in [0, 0.1) is 5.82 Å². The summed E-state index contributed by atoms with van der Waals surface area (Å²) in [7, 11) is 0. The molecule has 0 aromatic heterocycles. The first-order chi connectivity index (χ1) is 10.9. The molecule has 1 aliphatic carbocycles. The van der Waals surface area contributed by atoms with E-state index >= 15 is 0 Å². The van der Waals surface area contributed by atoms with Gasteiger partial charge in [-0.25, -0.2) is 4.39 Å². The van der Waals surface area contributed by atoms with Crippen LogP contribution in [0.2, 0.25) is 0 Å². The van der Waals surface area contributed by atoms with E-state index in [1.165, 1.54) is 18.2 Å². The zero-order valence-corrected chi connectivity index (χ0v) is 12.9. The van der Waals surface area contributed by atoms with Crippen molar-refractivity contribution < 1.29 is 22.3 Å². The molecule has 126 valence electrons. The number of hydrogen-bond donors (Lipinski definition) is 0. The maximum atomic E-state index is 13.8. The minimum atomic E-state index is -4.72. The van der Waals surface area contributed by atoms with E-state index in [1.54, 1.807) is 30.4 Å². The van der Waals surface area contributed by atoms with Crippen LogP contribution < -0.4 is 0 Å². The molecule has 0 radical (unpaired) electrons. The summed E-state index contributed by atoms with van der Waals surface area (Å²) in [5.41, 5.74) is -1.05. The highest BCUT2D eigenvalue weighted by Crippen LogP contribution is 2.37. The van der Waals surface area contributed by atoms with Gasteiger partial charge in [-0.15, -0.1) is 13.2 Å². The Morgan fingerprint density at radius 2 is 1.74 bits per heavy atom. The highest BCUT2D eigenvalue weighted by atomic mass is 19.4. The van der Waals surface area contributed by atoms with Crippen molar-refractivity contribution in [2.24, 2.45) is 0 Å². The van der Waals surface area contributed by atoms with Crippen molar-refractivity contribution in [1.29, 1.82) is 0 Å². The van der Waals surface area contributed by atoms with Crippen LogP contribution >= 0.6 is 0 Å². The van der Waals surface area contributed by atoms with Crippen molar-refractivity contribution in [3.63, 3.8) is 0 Å². The summed E-state index contributed by atoms with van der Waals surface area (Å²) in [4.78, 5) is 0. The maximum absolute atomic E-state index is 13.8. The second kappa shape index (κ2) is 7.30. The second-order valence-electron chi connectivity index (χ2n) is 5.73. The quantitative estimate of drug-likeness (QED) is 0.359. The van der Waals surface area contributed by atoms with Crippen LogP contribution in [-0.4, -0.2) is 12.0 Å². The van der Waals surface area contributed by atoms with Gasteiger partial charge in [0.15, 0.2) is 0 Å². The highest BCUT2D eigenvalue weighted by molar-refractivity contribution is 5.36. The summed E-state index contributed by atoms with van der Waals surface area (Å²) in [5, 5.41) is 0. The number of unbranched alkanes of at least 4 members (excludes halogenated alkanes) is 2. The molecule has 0 amide bonds. The molecule has 0 bridgehead atoms. The highest BCUT2D eigenvalue weighted by Gasteiger charge is 2.41. The van der Waals surface area contributed by atoms with Crippen molar-refractivity contribution in [2.75, 3.05) is 0 Å². The van der Waals surface area contributed by atoms with E-state index in [-0.39, 0.29) is 18.2 Å². The van der Waals surface area contributed by atoms with E-state index in [0.29, 0.717) is 12.0 Å². The number of ether oxygens (including phenoxy) is 1. The summed E-state index contributed by atoms with van der Waals surface area (Å²) in [5.74, 6) is -0.755. The Hall–Kier alpha value is -1.62. The predicted molar refractivity (Wildman–Crippen MR) is 81.4 cm³/mol. The molecule has 2 rings (SSSR count). The third-order valence-electron chi connectivity index (χ3n) is 3.91. The molecule has 5 heteroatoms. The maximum Gasteiger partial charge on any atom is 0.523 e. The lowest BCUT2D eigenvalue weighted by Gasteiger charge is -2.32. The summed E-state index contributed by atoms with van der Waals surface area (Å²) in [6.45, 7) is 1.98. The normalized spacial score (nSPS) is 24.1. The molecule has 0 saturated heterocycles. The van der Waals surface area contributed by atoms with Gasteiger partial charge in [-0.05, 0) is 24.5 Å². The first-order valence-corrected chi connectivity index (χ1v) is 7.75. The summed E-state index contributed by atoms with van der Waals surface area (Å²) in [6, 6.07) is 6.25. The van der Waals surface area contributed by atoms with Gasteiger partial charge in [0.2, 0.25) is 0 Å². The molecule has 1 nitrogen and oxygen atoms in total. The Kier molecular flexibility index (Phi) is 5.63. The standard InChI is InChI=1S/C18H20F4O/c1-2-3-6-11-17(23-18(20,21)22)12-9-14(10-13-17)15-7-4-5-8-16(15)19/h4-5,7-10,12-14H,2-3,6,11H2,1H3. The number of halogens is 4. The van der Waals surface area contributed by atoms with Gasteiger partial charge >= 0.3 is 6.36 Å². The van der Waals surface area contributed by atoms with Gasteiger partial charge in [-0.1, -0.05) is 62.3 Å². The van der Waals surface area contributed by atoms with Crippen LogP contribution in [0.3, 0.4) is 0 Å². The molecule has 0 aliphatic heterocycles. The molecule has 0 unspecified atom stereocenters. The van der Waals surface area contributed by atoms with Crippen molar-refractivity contribution >= 4 is 0 Å². The van der Waals surface area contributed by atoms with E-state index in [4.69, 9.17) is 0 Å². The van der Waals surface area contributed by atoms with Crippen molar-refractivity contribution in [2.45, 2.75) is 50.5 Å². The Bertz CT molecular complexity index is 561. The molecule has 1 aliphatic rings. The smallest absolute Gasteiger partial charge is 0.277 e. The first kappa shape index (κ1) is 17.7. The molecule has 1 aromatic rings. The molecule has 23 heavy (non-hydrogen) atoms. The van der Waals surface area contributed by atoms with E-state index in [1.807, 2.05) is 6.92 Å². The second-order valence-corrected chi connectivity index (χ2v) is 5.73. The van der Waals surface area contributed by atoms with Gasteiger partial charge in [-0.3, -0.25) is 4.74 Å².